The number of nitrogens with zero attached hydrogens (tertiary/aromatic N) is 1. The summed E-state index contributed by atoms with van der Waals surface area (Å²) < 4.78 is 6.43. The number of rotatable bonds is 4. The highest BCUT2D eigenvalue weighted by atomic mass is 127. The summed E-state index contributed by atoms with van der Waals surface area (Å²) in [5.74, 6) is 0.629. The zero-order valence-electron chi connectivity index (χ0n) is 17.3. The minimum atomic E-state index is -0.0667. The number of amides is 1. The fraction of sp³-hybridized carbons (Fsp3) is 0.333. The third kappa shape index (κ3) is 4.86. The number of fused-ring (bicyclic) bond motifs is 1. The van der Waals surface area contributed by atoms with Crippen LogP contribution in [0.4, 0.5) is 10.7 Å². The van der Waals surface area contributed by atoms with Gasteiger partial charge in [0.15, 0.2) is 3.77 Å². The first kappa shape index (κ1) is 21.3. The van der Waals surface area contributed by atoms with E-state index in [2.05, 4.69) is 34.0 Å². The summed E-state index contributed by atoms with van der Waals surface area (Å²) in [5, 5.41) is 3.93. The van der Waals surface area contributed by atoms with Crippen LogP contribution in [0.15, 0.2) is 39.7 Å². The highest BCUT2D eigenvalue weighted by Crippen LogP contribution is 2.39. The number of aryl methyl sites for hydroxylation is 3. The number of hydrogen-bond acceptors (Lipinski definition) is 4. The fourth-order valence-corrected chi connectivity index (χ4v) is 5.47. The van der Waals surface area contributed by atoms with Crippen LogP contribution in [0.3, 0.4) is 0 Å². The third-order valence-electron chi connectivity index (χ3n) is 5.42. The topological polar surface area (TPSA) is 54.6 Å². The van der Waals surface area contributed by atoms with E-state index in [0.717, 1.165) is 50.4 Å². The number of carbonyl (C=O) groups excluding carboxylic acids is 1. The maximum absolute atomic E-state index is 13.4. The zero-order valence-corrected chi connectivity index (χ0v) is 20.2. The van der Waals surface area contributed by atoms with Crippen LogP contribution < -0.4 is 5.32 Å². The molecular formula is C24H25IN2O2S. The Hall–Kier alpha value is -1.93. The molecule has 6 heteroatoms. The van der Waals surface area contributed by atoms with Crippen molar-refractivity contribution < 1.29 is 9.21 Å². The monoisotopic (exact) mass is 532 g/mol. The van der Waals surface area contributed by atoms with Gasteiger partial charge in [0, 0.05) is 10.6 Å². The highest BCUT2D eigenvalue weighted by Gasteiger charge is 2.24. The van der Waals surface area contributed by atoms with E-state index < -0.39 is 0 Å². The van der Waals surface area contributed by atoms with Crippen molar-refractivity contribution in [1.29, 1.82) is 0 Å². The molecule has 2 heterocycles. The van der Waals surface area contributed by atoms with Gasteiger partial charge in [-0.3, -0.25) is 4.79 Å². The molecule has 4 nitrogen and oxygen atoms in total. The average Bonchev–Trinajstić information content (AvgIpc) is 3.26. The molecule has 0 bridgehead atoms. The van der Waals surface area contributed by atoms with Crippen molar-refractivity contribution in [2.24, 2.45) is 4.99 Å². The van der Waals surface area contributed by atoms with Crippen LogP contribution in [-0.2, 0) is 12.8 Å². The van der Waals surface area contributed by atoms with Gasteiger partial charge in [-0.1, -0.05) is 25.0 Å². The van der Waals surface area contributed by atoms with Gasteiger partial charge < -0.3 is 9.73 Å². The van der Waals surface area contributed by atoms with Crippen molar-refractivity contribution in [2.75, 3.05) is 5.32 Å². The van der Waals surface area contributed by atoms with Crippen molar-refractivity contribution in [2.45, 2.75) is 52.4 Å². The van der Waals surface area contributed by atoms with Crippen molar-refractivity contribution in [1.82, 2.24) is 0 Å². The first-order valence-corrected chi connectivity index (χ1v) is 12.2. The second-order valence-corrected chi connectivity index (χ2v) is 9.92. The summed E-state index contributed by atoms with van der Waals surface area (Å²) in [6.45, 7) is 4.06. The normalized spacial score (nSPS) is 14.4. The van der Waals surface area contributed by atoms with Crippen molar-refractivity contribution in [3.05, 3.63) is 67.0 Å². The van der Waals surface area contributed by atoms with E-state index >= 15 is 0 Å². The van der Waals surface area contributed by atoms with E-state index in [-0.39, 0.29) is 5.91 Å². The average molecular weight is 532 g/mol. The number of furan rings is 1. The van der Waals surface area contributed by atoms with E-state index in [9.17, 15) is 4.79 Å². The summed E-state index contributed by atoms with van der Waals surface area (Å²) in [7, 11) is 0. The van der Waals surface area contributed by atoms with E-state index in [4.69, 9.17) is 9.41 Å². The number of anilines is 1. The lowest BCUT2D eigenvalue weighted by Crippen LogP contribution is -2.15. The predicted octanol–water partition coefficient (Wildman–Crippen LogP) is 7.22. The first-order chi connectivity index (χ1) is 14.5. The molecule has 4 rings (SSSR count). The van der Waals surface area contributed by atoms with Gasteiger partial charge in [-0.05, 0) is 97.0 Å². The van der Waals surface area contributed by atoms with Gasteiger partial charge in [0.25, 0.3) is 5.91 Å². The van der Waals surface area contributed by atoms with Crippen LogP contribution in [0, 0.1) is 17.6 Å². The van der Waals surface area contributed by atoms with Crippen LogP contribution in [0.5, 0.6) is 0 Å². The summed E-state index contributed by atoms with van der Waals surface area (Å²) in [5.41, 5.74) is 4.96. The molecule has 156 valence electrons. The molecule has 0 radical (unpaired) electrons. The molecule has 0 aliphatic heterocycles. The number of carbonyl (C=O) groups is 1. The molecule has 0 unspecified atom stereocenters. The summed E-state index contributed by atoms with van der Waals surface area (Å²) >= 11 is 3.79. The Balaban J connectivity index is 1.72. The lowest BCUT2D eigenvalue weighted by Gasteiger charge is -2.13. The van der Waals surface area contributed by atoms with E-state index in [1.165, 1.54) is 29.7 Å². The summed E-state index contributed by atoms with van der Waals surface area (Å²) in [6.07, 6.45) is 8.45. The minimum Gasteiger partial charge on any atom is -0.449 e. The van der Waals surface area contributed by atoms with Gasteiger partial charge in [0.05, 0.1) is 11.8 Å². The number of thiophene rings is 1. The van der Waals surface area contributed by atoms with Gasteiger partial charge in [0.2, 0.25) is 0 Å². The molecule has 1 aromatic carbocycles. The molecule has 0 saturated carbocycles. The molecule has 0 atom stereocenters. The Kier molecular flexibility index (Phi) is 6.73. The van der Waals surface area contributed by atoms with Gasteiger partial charge in [0.1, 0.15) is 10.8 Å². The summed E-state index contributed by atoms with van der Waals surface area (Å²) in [4.78, 5) is 19.4. The molecule has 1 aliphatic rings. The van der Waals surface area contributed by atoms with Crippen molar-refractivity contribution in [3.63, 3.8) is 0 Å². The molecule has 1 N–H and O–H groups in total. The number of hydrogen-bond donors (Lipinski definition) is 1. The van der Waals surface area contributed by atoms with Crippen LogP contribution in [0.2, 0.25) is 0 Å². The molecule has 1 amide bonds. The number of benzene rings is 1. The van der Waals surface area contributed by atoms with E-state index in [0.29, 0.717) is 5.76 Å². The second-order valence-electron chi connectivity index (χ2n) is 7.77. The van der Waals surface area contributed by atoms with Crippen LogP contribution in [-0.4, -0.2) is 12.1 Å². The minimum absolute atomic E-state index is 0.0667. The standard InChI is InChI=1S/C24H25IN2O2S/c1-15-9-10-16(2)19(13-15)27-23(28)22-18-7-5-3-4-6-8-20(18)30-24(22)26-14-17-11-12-21(25)29-17/h9-14H,3-8H2,1-2H3,(H,27,28). The Morgan fingerprint density at radius 1 is 1.13 bits per heavy atom. The Morgan fingerprint density at radius 2 is 1.93 bits per heavy atom. The lowest BCUT2D eigenvalue weighted by molar-refractivity contribution is 0.102. The quantitative estimate of drug-likeness (QED) is 0.285. The van der Waals surface area contributed by atoms with Crippen molar-refractivity contribution >= 4 is 56.7 Å². The van der Waals surface area contributed by atoms with Crippen LogP contribution in [0.25, 0.3) is 0 Å². The Labute approximate surface area is 194 Å². The SMILES string of the molecule is Cc1ccc(C)c(NC(=O)c2c(N=Cc3ccc(I)o3)sc3c2CCCCCC3)c1. The van der Waals surface area contributed by atoms with Gasteiger partial charge in [-0.25, -0.2) is 4.99 Å². The van der Waals surface area contributed by atoms with E-state index in [1.54, 1.807) is 17.6 Å². The molecule has 1 aliphatic carbocycles. The lowest BCUT2D eigenvalue weighted by atomic mass is 9.96. The molecular weight excluding hydrogens is 507 g/mol. The highest BCUT2D eigenvalue weighted by molar-refractivity contribution is 14.1. The van der Waals surface area contributed by atoms with Gasteiger partial charge >= 0.3 is 0 Å². The van der Waals surface area contributed by atoms with Gasteiger partial charge in [-0.15, -0.1) is 11.3 Å². The smallest absolute Gasteiger partial charge is 0.259 e. The van der Waals surface area contributed by atoms with Crippen molar-refractivity contribution in [3.8, 4) is 0 Å². The molecule has 0 saturated heterocycles. The fourth-order valence-electron chi connectivity index (χ4n) is 3.81. The zero-order chi connectivity index (χ0) is 21.1. The molecule has 2 aromatic heterocycles. The number of halogens is 1. The number of nitrogens with one attached hydrogen (secondary N) is 1. The number of aliphatic imine (C=N–C) groups is 1. The second kappa shape index (κ2) is 9.47. The Bertz CT molecular complexity index is 1100. The van der Waals surface area contributed by atoms with Crippen LogP contribution in [0.1, 0.15) is 63.4 Å². The predicted molar refractivity (Wildman–Crippen MR) is 133 cm³/mol. The maximum Gasteiger partial charge on any atom is 0.259 e. The molecule has 0 fully saturated rings. The van der Waals surface area contributed by atoms with Gasteiger partial charge in [-0.2, -0.15) is 0 Å². The Morgan fingerprint density at radius 3 is 2.70 bits per heavy atom. The largest absolute Gasteiger partial charge is 0.449 e. The van der Waals surface area contributed by atoms with E-state index in [1.807, 2.05) is 38.1 Å². The molecule has 0 spiro atoms. The molecule has 30 heavy (non-hydrogen) atoms. The van der Waals surface area contributed by atoms with Crippen LogP contribution >= 0.6 is 33.9 Å². The summed E-state index contributed by atoms with van der Waals surface area (Å²) in [6, 6.07) is 9.93. The maximum atomic E-state index is 13.4. The molecule has 3 aromatic rings. The third-order valence-corrected chi connectivity index (χ3v) is 7.20. The first-order valence-electron chi connectivity index (χ1n) is 10.3.